The molecule has 0 aliphatic heterocycles. The maximum absolute atomic E-state index is 9.76. The smallest absolute Gasteiger partial charge is 0.328 e. The lowest BCUT2D eigenvalue weighted by Crippen LogP contribution is -1.95. The van der Waals surface area contributed by atoms with E-state index in [9.17, 15) is 9.59 Å². The highest BCUT2D eigenvalue weighted by atomic mass is 35.5. The summed E-state index contributed by atoms with van der Waals surface area (Å²) in [5.41, 5.74) is 0. The number of allylic oxidation sites excluding steroid dienone is 1. The maximum Gasteiger partial charge on any atom is 0.328 e. The van der Waals surface area contributed by atoms with Gasteiger partial charge in [-0.05, 0) is 0 Å². The molecule has 9 heavy (non-hydrogen) atoms. The van der Waals surface area contributed by atoms with Crippen LogP contribution in [0.4, 0.5) is 0 Å². The Labute approximate surface area is 56.9 Å². The quantitative estimate of drug-likeness (QED) is 0.359. The van der Waals surface area contributed by atoms with Crippen molar-refractivity contribution in [2.24, 2.45) is 0 Å². The number of carbonyl (C=O) groups is 2. The van der Waals surface area contributed by atoms with Gasteiger partial charge in [-0.1, -0.05) is 6.08 Å². The minimum Gasteiger partial charge on any atom is -0.478 e. The molecule has 0 saturated carbocycles. The number of carboxylic acids is 1. The highest BCUT2D eigenvalue weighted by Crippen LogP contribution is 1.91. The van der Waals surface area contributed by atoms with E-state index in [2.05, 4.69) is 0 Å². The third-order valence-corrected chi connectivity index (χ3v) is 0.801. The Morgan fingerprint density at radius 3 is 2.56 bits per heavy atom. The molecule has 1 N–H and O–H groups in total. The molecule has 0 rings (SSSR count). The largest absolute Gasteiger partial charge is 0.478 e. The lowest BCUT2D eigenvalue weighted by Gasteiger charge is -1.85. The molecule has 0 amide bonds. The Morgan fingerprint density at radius 2 is 2.22 bits per heavy atom. The first-order chi connectivity index (χ1) is 4.16. The van der Waals surface area contributed by atoms with Crippen molar-refractivity contribution in [3.8, 4) is 0 Å². The fraction of sp³-hybridized carbons (Fsp3) is 0.200. The lowest BCUT2D eigenvalue weighted by atomic mass is 10.4. The van der Waals surface area contributed by atoms with Crippen molar-refractivity contribution in [2.45, 2.75) is 5.38 Å². The topological polar surface area (TPSA) is 54.4 Å². The number of rotatable bonds is 3. The molecule has 0 aromatic heterocycles. The zero-order valence-corrected chi connectivity index (χ0v) is 5.21. The second-order valence-corrected chi connectivity index (χ2v) is 1.78. The molecular weight excluding hydrogens is 144 g/mol. The molecule has 0 aromatic rings. The molecule has 0 aliphatic carbocycles. The van der Waals surface area contributed by atoms with E-state index in [1.807, 2.05) is 0 Å². The van der Waals surface area contributed by atoms with Gasteiger partial charge in [-0.2, -0.15) is 0 Å². The van der Waals surface area contributed by atoms with E-state index in [-0.39, 0.29) is 0 Å². The lowest BCUT2D eigenvalue weighted by molar-refractivity contribution is -0.131. The van der Waals surface area contributed by atoms with E-state index >= 15 is 0 Å². The van der Waals surface area contributed by atoms with Crippen molar-refractivity contribution in [1.82, 2.24) is 0 Å². The Hall–Kier alpha value is -0.830. The van der Waals surface area contributed by atoms with Gasteiger partial charge in [-0.15, -0.1) is 11.6 Å². The van der Waals surface area contributed by atoms with Gasteiger partial charge in [0.15, 0.2) is 0 Å². The van der Waals surface area contributed by atoms with Crippen LogP contribution in [0.15, 0.2) is 12.2 Å². The zero-order valence-electron chi connectivity index (χ0n) is 4.45. The van der Waals surface area contributed by atoms with Crippen LogP contribution < -0.4 is 0 Å². The predicted molar refractivity (Wildman–Crippen MR) is 32.5 cm³/mol. The number of aliphatic carboxylic acids is 1. The third kappa shape index (κ3) is 5.03. The van der Waals surface area contributed by atoms with Gasteiger partial charge in [0, 0.05) is 6.08 Å². The molecule has 4 heteroatoms. The van der Waals surface area contributed by atoms with Gasteiger partial charge >= 0.3 is 5.97 Å². The molecule has 3 nitrogen and oxygen atoms in total. The number of aldehydes is 1. The SMILES string of the molecule is O=CC(Cl)/C=C/C(=O)O. The van der Waals surface area contributed by atoms with E-state index in [1.54, 1.807) is 0 Å². The van der Waals surface area contributed by atoms with Crippen LogP contribution in [-0.4, -0.2) is 22.7 Å². The molecule has 0 radical (unpaired) electrons. The van der Waals surface area contributed by atoms with E-state index in [0.29, 0.717) is 6.29 Å². The van der Waals surface area contributed by atoms with Crippen molar-refractivity contribution < 1.29 is 14.7 Å². The second kappa shape index (κ2) is 4.09. The summed E-state index contributed by atoms with van der Waals surface area (Å²) < 4.78 is 0. The predicted octanol–water partition coefficient (Wildman–Crippen LogP) is 0.433. The van der Waals surface area contributed by atoms with Gasteiger partial charge in [0.05, 0.1) is 0 Å². The monoisotopic (exact) mass is 148 g/mol. The standard InChI is InChI=1S/C5H5ClO3/c6-4(3-7)1-2-5(8)9/h1-4H,(H,8,9)/b2-1+. The molecule has 1 atom stereocenters. The minimum absolute atomic E-state index is 0.445. The summed E-state index contributed by atoms with van der Waals surface area (Å²) in [6.45, 7) is 0. The van der Waals surface area contributed by atoms with Crippen molar-refractivity contribution in [3.63, 3.8) is 0 Å². The van der Waals surface area contributed by atoms with Crippen LogP contribution in [0.25, 0.3) is 0 Å². The Bertz CT molecular complexity index is 141. The number of carbonyl (C=O) groups excluding carboxylic acids is 1. The summed E-state index contributed by atoms with van der Waals surface area (Å²) in [7, 11) is 0. The molecule has 0 spiro atoms. The Balaban J connectivity index is 3.69. The number of carboxylic acid groups (broad SMARTS) is 1. The van der Waals surface area contributed by atoms with Crippen LogP contribution in [-0.2, 0) is 9.59 Å². The first-order valence-corrected chi connectivity index (χ1v) is 2.61. The van der Waals surface area contributed by atoms with Crippen LogP contribution in [0.2, 0.25) is 0 Å². The first-order valence-electron chi connectivity index (χ1n) is 2.17. The van der Waals surface area contributed by atoms with Crippen LogP contribution >= 0.6 is 11.6 Å². The highest BCUT2D eigenvalue weighted by Gasteiger charge is 1.94. The van der Waals surface area contributed by atoms with Crippen LogP contribution in [0.5, 0.6) is 0 Å². The maximum atomic E-state index is 9.76. The van der Waals surface area contributed by atoms with Crippen LogP contribution in [0.1, 0.15) is 0 Å². The third-order valence-electron chi connectivity index (χ3n) is 0.553. The molecule has 0 fully saturated rings. The minimum atomic E-state index is -1.11. The van der Waals surface area contributed by atoms with Gasteiger partial charge in [-0.25, -0.2) is 4.79 Å². The van der Waals surface area contributed by atoms with E-state index in [0.717, 1.165) is 12.2 Å². The summed E-state index contributed by atoms with van der Waals surface area (Å²) in [6.07, 6.45) is 2.37. The summed E-state index contributed by atoms with van der Waals surface area (Å²) >= 11 is 5.19. The van der Waals surface area contributed by atoms with Gasteiger partial charge in [0.1, 0.15) is 11.7 Å². The molecule has 0 aliphatic rings. The van der Waals surface area contributed by atoms with Crippen LogP contribution in [0.3, 0.4) is 0 Å². The molecule has 1 unspecified atom stereocenters. The van der Waals surface area contributed by atoms with Crippen molar-refractivity contribution in [2.75, 3.05) is 0 Å². The average molecular weight is 149 g/mol. The van der Waals surface area contributed by atoms with Crippen molar-refractivity contribution in [1.29, 1.82) is 0 Å². The average Bonchev–Trinajstić information content (AvgIpc) is 1.83. The molecule has 0 aromatic carbocycles. The molecular formula is C5H5ClO3. The van der Waals surface area contributed by atoms with Gasteiger partial charge in [0.25, 0.3) is 0 Å². The van der Waals surface area contributed by atoms with Gasteiger partial charge in [0.2, 0.25) is 0 Å². The van der Waals surface area contributed by atoms with E-state index in [4.69, 9.17) is 16.7 Å². The summed E-state index contributed by atoms with van der Waals surface area (Å²) in [4.78, 5) is 19.5. The fourth-order valence-corrected chi connectivity index (χ4v) is 0.292. The van der Waals surface area contributed by atoms with E-state index < -0.39 is 11.3 Å². The van der Waals surface area contributed by atoms with Crippen molar-refractivity contribution >= 4 is 23.9 Å². The second-order valence-electron chi connectivity index (χ2n) is 1.28. The molecule has 0 saturated heterocycles. The van der Waals surface area contributed by atoms with Crippen LogP contribution in [0, 0.1) is 0 Å². The molecule has 0 bridgehead atoms. The van der Waals surface area contributed by atoms with Crippen molar-refractivity contribution in [3.05, 3.63) is 12.2 Å². The normalized spacial score (nSPS) is 13.4. The number of hydrogen-bond acceptors (Lipinski definition) is 2. The van der Waals surface area contributed by atoms with Gasteiger partial charge in [-0.3, -0.25) is 0 Å². The summed E-state index contributed by atoms with van der Waals surface area (Å²) in [6, 6.07) is 0. The van der Waals surface area contributed by atoms with E-state index in [1.165, 1.54) is 0 Å². The zero-order chi connectivity index (χ0) is 7.28. The summed E-state index contributed by atoms with van der Waals surface area (Å²) in [5.74, 6) is -1.11. The highest BCUT2D eigenvalue weighted by molar-refractivity contribution is 6.29. The Kier molecular flexibility index (Phi) is 3.71. The Morgan fingerprint density at radius 1 is 1.67 bits per heavy atom. The number of halogens is 1. The fourth-order valence-electron chi connectivity index (χ4n) is 0.220. The first kappa shape index (κ1) is 8.17. The van der Waals surface area contributed by atoms with Gasteiger partial charge < -0.3 is 9.90 Å². The number of alkyl halides is 1. The summed E-state index contributed by atoms with van der Waals surface area (Å²) in [5, 5.41) is 7.16. The number of hydrogen-bond donors (Lipinski definition) is 1. The molecule has 50 valence electrons. The molecule has 0 heterocycles.